The number of hydrogen-bond acceptors (Lipinski definition) is 10. The van der Waals surface area contributed by atoms with Gasteiger partial charge >= 0.3 is 11.9 Å². The Bertz CT molecular complexity index is 977. The molecule has 1 fully saturated rings. The minimum atomic E-state index is -1.04. The summed E-state index contributed by atoms with van der Waals surface area (Å²) < 4.78 is 15.5. The molecular weight excluding hydrogens is 566 g/mol. The van der Waals surface area contributed by atoms with Crippen molar-refractivity contribution < 1.29 is 52.9 Å². The Kier molecular flexibility index (Phi) is 17.3. The predicted molar refractivity (Wildman–Crippen MR) is 152 cm³/mol. The van der Waals surface area contributed by atoms with Gasteiger partial charge in [0.05, 0.1) is 45.2 Å². The van der Waals surface area contributed by atoms with Crippen molar-refractivity contribution in [2.75, 3.05) is 53.2 Å². The summed E-state index contributed by atoms with van der Waals surface area (Å²) in [5.74, 6) is -3.97. The van der Waals surface area contributed by atoms with E-state index in [0.717, 1.165) is 4.90 Å². The average molecular weight is 614 g/mol. The number of carbonyl (C=O) groups is 7. The molecule has 1 rings (SSSR count). The first-order chi connectivity index (χ1) is 20.3. The van der Waals surface area contributed by atoms with E-state index in [9.17, 15) is 33.6 Å². The number of ether oxygens (including phenoxy) is 3. The number of esters is 1. The fourth-order valence-corrected chi connectivity index (χ4v) is 4.42. The van der Waals surface area contributed by atoms with Crippen LogP contribution in [0, 0.1) is 17.3 Å². The summed E-state index contributed by atoms with van der Waals surface area (Å²) in [7, 11) is 1.25. The van der Waals surface area contributed by atoms with Crippen LogP contribution in [-0.4, -0.2) is 105 Å². The van der Waals surface area contributed by atoms with Crippen LogP contribution >= 0.6 is 0 Å². The summed E-state index contributed by atoms with van der Waals surface area (Å²) in [4.78, 5) is 84.3. The summed E-state index contributed by atoms with van der Waals surface area (Å²) in [5, 5.41) is 13.9. The summed E-state index contributed by atoms with van der Waals surface area (Å²) in [6, 6.07) is 0. The van der Waals surface area contributed by atoms with Crippen LogP contribution in [0.1, 0.15) is 72.1 Å². The second kappa shape index (κ2) is 19.7. The van der Waals surface area contributed by atoms with Gasteiger partial charge < -0.3 is 30.0 Å². The molecule has 244 valence electrons. The van der Waals surface area contributed by atoms with Crippen LogP contribution in [-0.2, 0) is 47.8 Å². The number of carbonyl (C=O) groups excluding carboxylic acids is 6. The van der Waals surface area contributed by atoms with E-state index in [1.54, 1.807) is 0 Å². The average Bonchev–Trinajstić information content (AvgIpc) is 3.23. The Morgan fingerprint density at radius 1 is 0.930 bits per heavy atom. The highest BCUT2D eigenvalue weighted by Crippen LogP contribution is 2.35. The Hall–Kier alpha value is -3.39. The second-order valence-corrected chi connectivity index (χ2v) is 11.5. The van der Waals surface area contributed by atoms with Crippen LogP contribution in [0.4, 0.5) is 0 Å². The lowest BCUT2D eigenvalue weighted by Crippen LogP contribution is -2.37. The SMILES string of the molecule is COC(=O)C(CCCCNC(=O)CCC(=O)O)CC(=O)COCCOCCNC(=O)CCN1C(=O)CC(C(C)(C)C)C1=O. The van der Waals surface area contributed by atoms with Gasteiger partial charge in [0.1, 0.15) is 6.61 Å². The zero-order valence-electron chi connectivity index (χ0n) is 25.7. The Morgan fingerprint density at radius 3 is 2.21 bits per heavy atom. The van der Waals surface area contributed by atoms with Gasteiger partial charge in [-0.1, -0.05) is 27.2 Å². The number of hydrogen-bond donors (Lipinski definition) is 3. The van der Waals surface area contributed by atoms with Crippen molar-refractivity contribution in [3.05, 3.63) is 0 Å². The van der Waals surface area contributed by atoms with E-state index in [1.807, 2.05) is 20.8 Å². The van der Waals surface area contributed by atoms with Crippen LogP contribution in [0.5, 0.6) is 0 Å². The molecule has 2 unspecified atom stereocenters. The van der Waals surface area contributed by atoms with Gasteiger partial charge in [-0.25, -0.2) is 0 Å². The number of rotatable bonds is 22. The number of nitrogens with one attached hydrogen (secondary N) is 2. The van der Waals surface area contributed by atoms with E-state index in [1.165, 1.54) is 7.11 Å². The molecule has 1 heterocycles. The van der Waals surface area contributed by atoms with E-state index >= 15 is 0 Å². The summed E-state index contributed by atoms with van der Waals surface area (Å²) in [6.07, 6.45) is 1.31. The molecule has 1 saturated heterocycles. The fourth-order valence-electron chi connectivity index (χ4n) is 4.42. The van der Waals surface area contributed by atoms with Gasteiger partial charge in [-0.15, -0.1) is 0 Å². The monoisotopic (exact) mass is 613 g/mol. The highest BCUT2D eigenvalue weighted by atomic mass is 16.5. The molecule has 4 amide bonds. The molecule has 0 radical (unpaired) electrons. The van der Waals surface area contributed by atoms with Crippen molar-refractivity contribution in [3.63, 3.8) is 0 Å². The minimum Gasteiger partial charge on any atom is -0.481 e. The lowest BCUT2D eigenvalue weighted by Gasteiger charge is -2.24. The molecule has 0 aromatic carbocycles. The first kappa shape index (κ1) is 37.6. The molecule has 0 aromatic rings. The standard InChI is InChI=1S/C29H47N3O11/c1-29(2,3)22-18-25(36)32(27(22)39)13-10-24(35)31-12-14-42-15-16-43-19-21(33)17-20(28(40)41-4)7-5-6-11-30-23(34)8-9-26(37)38/h20,22H,5-19H2,1-4H3,(H,30,34)(H,31,35)(H,37,38). The number of carboxylic acid groups (broad SMARTS) is 1. The second-order valence-electron chi connectivity index (χ2n) is 11.5. The third kappa shape index (κ3) is 15.6. The van der Waals surface area contributed by atoms with Crippen molar-refractivity contribution in [1.29, 1.82) is 0 Å². The fraction of sp³-hybridized carbons (Fsp3) is 0.759. The molecule has 0 aromatic heterocycles. The maximum absolute atomic E-state index is 12.5. The Balaban J connectivity index is 2.14. The predicted octanol–water partition coefficient (Wildman–Crippen LogP) is 0.847. The van der Waals surface area contributed by atoms with Crippen LogP contribution < -0.4 is 10.6 Å². The molecule has 0 saturated carbocycles. The number of carboxylic acids is 1. The molecule has 43 heavy (non-hydrogen) atoms. The molecule has 3 N–H and O–H groups in total. The van der Waals surface area contributed by atoms with Crippen molar-refractivity contribution in [2.45, 2.75) is 72.1 Å². The largest absolute Gasteiger partial charge is 0.481 e. The van der Waals surface area contributed by atoms with Gasteiger partial charge in [0.15, 0.2) is 5.78 Å². The van der Waals surface area contributed by atoms with Crippen molar-refractivity contribution in [1.82, 2.24) is 15.5 Å². The number of methoxy groups -OCH3 is 1. The molecule has 0 spiro atoms. The third-order valence-electron chi connectivity index (χ3n) is 6.93. The zero-order chi connectivity index (χ0) is 32.4. The molecule has 2 atom stereocenters. The lowest BCUT2D eigenvalue weighted by molar-refractivity contribution is -0.148. The maximum atomic E-state index is 12.5. The van der Waals surface area contributed by atoms with Gasteiger partial charge in [-0.05, 0) is 18.3 Å². The number of nitrogens with zero attached hydrogens (tertiary/aromatic N) is 1. The van der Waals surface area contributed by atoms with Gasteiger partial charge in [0.25, 0.3) is 0 Å². The van der Waals surface area contributed by atoms with Crippen molar-refractivity contribution in [2.24, 2.45) is 17.3 Å². The van der Waals surface area contributed by atoms with E-state index in [0.29, 0.717) is 25.8 Å². The summed E-state index contributed by atoms with van der Waals surface area (Å²) in [6.45, 7) is 6.69. The third-order valence-corrected chi connectivity index (χ3v) is 6.93. The van der Waals surface area contributed by atoms with Gasteiger partial charge in [0.2, 0.25) is 23.6 Å². The van der Waals surface area contributed by atoms with Crippen LogP contribution in [0.3, 0.4) is 0 Å². The van der Waals surface area contributed by atoms with Crippen molar-refractivity contribution >= 4 is 41.4 Å². The molecule has 0 bridgehead atoms. The van der Waals surface area contributed by atoms with Crippen molar-refractivity contribution in [3.8, 4) is 0 Å². The minimum absolute atomic E-state index is 0.0112. The van der Waals surface area contributed by atoms with Gasteiger partial charge in [-0.2, -0.15) is 0 Å². The topological polar surface area (TPSA) is 195 Å². The first-order valence-corrected chi connectivity index (χ1v) is 14.6. The smallest absolute Gasteiger partial charge is 0.309 e. The maximum Gasteiger partial charge on any atom is 0.309 e. The van der Waals surface area contributed by atoms with E-state index in [2.05, 4.69) is 10.6 Å². The number of imide groups is 1. The number of amides is 4. The molecular formula is C29H47N3O11. The van der Waals surface area contributed by atoms with Crippen LogP contribution in [0.2, 0.25) is 0 Å². The number of ketones is 1. The van der Waals surface area contributed by atoms with E-state index in [-0.39, 0.29) is 112 Å². The van der Waals surface area contributed by atoms with E-state index in [4.69, 9.17) is 19.3 Å². The number of Topliss-reactive ketones (excluding diaryl/α,β-unsaturated/α-hetero) is 1. The molecule has 0 aliphatic carbocycles. The quantitative estimate of drug-likeness (QED) is 0.0890. The zero-order valence-corrected chi connectivity index (χ0v) is 25.7. The highest BCUT2D eigenvalue weighted by molar-refractivity contribution is 6.04. The van der Waals surface area contributed by atoms with E-state index < -0.39 is 17.9 Å². The van der Waals surface area contributed by atoms with Crippen LogP contribution in [0.15, 0.2) is 0 Å². The molecule has 14 heteroatoms. The van der Waals surface area contributed by atoms with Gasteiger partial charge in [0, 0.05) is 45.3 Å². The molecule has 1 aliphatic heterocycles. The molecule has 1 aliphatic rings. The number of unbranched alkanes of at least 4 members (excludes halogenated alkanes) is 1. The first-order valence-electron chi connectivity index (χ1n) is 14.6. The normalized spacial score (nSPS) is 15.7. The summed E-state index contributed by atoms with van der Waals surface area (Å²) >= 11 is 0. The lowest BCUT2D eigenvalue weighted by atomic mass is 9.80. The Labute approximate surface area is 252 Å². The highest BCUT2D eigenvalue weighted by Gasteiger charge is 2.44. The van der Waals surface area contributed by atoms with Crippen LogP contribution in [0.25, 0.3) is 0 Å². The summed E-state index contributed by atoms with van der Waals surface area (Å²) in [5.41, 5.74) is -0.319. The number of aliphatic carboxylic acids is 1. The number of likely N-dealkylation sites (tertiary alicyclic amines) is 1. The molecule has 14 nitrogen and oxygen atoms in total. The van der Waals surface area contributed by atoms with Gasteiger partial charge in [-0.3, -0.25) is 38.5 Å². The Morgan fingerprint density at radius 2 is 1.58 bits per heavy atom.